The van der Waals surface area contributed by atoms with Crippen molar-refractivity contribution in [1.29, 1.82) is 0 Å². The van der Waals surface area contributed by atoms with Crippen LogP contribution in [0.2, 0.25) is 0 Å². The van der Waals surface area contributed by atoms with Gasteiger partial charge in [-0.15, -0.1) is 0 Å². The van der Waals surface area contributed by atoms with Gasteiger partial charge in [-0.25, -0.2) is 17.5 Å². The number of aryl methyl sites for hydroxylation is 1. The highest BCUT2D eigenvalue weighted by Gasteiger charge is 2.36. The summed E-state index contributed by atoms with van der Waals surface area (Å²) in [7, 11) is -2.19. The average Bonchev–Trinajstić information content (AvgIpc) is 2.83. The average molecular weight is 339 g/mol. The highest BCUT2D eigenvalue weighted by Crippen LogP contribution is 2.40. The Kier molecular flexibility index (Phi) is 3.68. The first-order valence-electron chi connectivity index (χ1n) is 7.17. The third-order valence-corrected chi connectivity index (χ3v) is 5.33. The zero-order valence-electron chi connectivity index (χ0n) is 13.1. The maximum absolute atomic E-state index is 13.5. The number of halogens is 1. The van der Waals surface area contributed by atoms with Gasteiger partial charge in [0.05, 0.1) is 12.2 Å². The molecule has 1 aliphatic rings. The lowest BCUT2D eigenvalue weighted by Gasteiger charge is -2.37. The monoisotopic (exact) mass is 339 g/mol. The van der Waals surface area contributed by atoms with Crippen molar-refractivity contribution in [2.75, 3.05) is 0 Å². The van der Waals surface area contributed by atoms with Crippen LogP contribution in [0.4, 0.5) is 4.39 Å². The summed E-state index contributed by atoms with van der Waals surface area (Å²) in [5.74, 6) is -0.0614. The molecule has 0 fully saturated rings. The quantitative estimate of drug-likeness (QED) is 0.930. The van der Waals surface area contributed by atoms with Crippen LogP contribution in [0, 0.1) is 5.82 Å². The lowest BCUT2D eigenvalue weighted by Crippen LogP contribution is -2.41. The minimum atomic E-state index is -3.75. The Labute approximate surface area is 134 Å². The van der Waals surface area contributed by atoms with Crippen molar-refractivity contribution in [2.24, 2.45) is 7.05 Å². The van der Waals surface area contributed by atoms with Gasteiger partial charge in [-0.3, -0.25) is 4.68 Å². The van der Waals surface area contributed by atoms with E-state index in [4.69, 9.17) is 4.74 Å². The summed E-state index contributed by atoms with van der Waals surface area (Å²) in [6.07, 6.45) is 1.86. The number of fused-ring (bicyclic) bond motifs is 1. The number of ether oxygens (including phenoxy) is 1. The lowest BCUT2D eigenvalue weighted by molar-refractivity contribution is 0.0697. The Morgan fingerprint density at radius 3 is 2.78 bits per heavy atom. The van der Waals surface area contributed by atoms with Gasteiger partial charge in [0.15, 0.2) is 5.03 Å². The van der Waals surface area contributed by atoms with Crippen LogP contribution in [-0.2, 0) is 17.1 Å². The van der Waals surface area contributed by atoms with Gasteiger partial charge in [0.2, 0.25) is 0 Å². The maximum atomic E-state index is 13.5. The number of aromatic nitrogens is 2. The predicted octanol–water partition coefficient (Wildman–Crippen LogP) is 2.14. The number of sulfonamides is 1. The maximum Gasteiger partial charge on any atom is 0.258 e. The molecule has 1 aromatic carbocycles. The van der Waals surface area contributed by atoms with E-state index in [2.05, 4.69) is 9.82 Å². The van der Waals surface area contributed by atoms with Crippen LogP contribution in [0.3, 0.4) is 0 Å². The summed E-state index contributed by atoms with van der Waals surface area (Å²) in [6, 6.07) is 5.05. The molecular formula is C15H18FN3O3S. The number of hydrogen-bond acceptors (Lipinski definition) is 4. The molecular weight excluding hydrogens is 321 g/mol. The van der Waals surface area contributed by atoms with Crippen molar-refractivity contribution in [3.05, 3.63) is 41.8 Å². The van der Waals surface area contributed by atoms with Crippen molar-refractivity contribution >= 4 is 10.0 Å². The largest absolute Gasteiger partial charge is 0.487 e. The van der Waals surface area contributed by atoms with Crippen molar-refractivity contribution in [2.45, 2.75) is 36.9 Å². The first-order chi connectivity index (χ1) is 10.7. The van der Waals surface area contributed by atoms with E-state index < -0.39 is 27.5 Å². The molecule has 0 unspecified atom stereocenters. The Morgan fingerprint density at radius 1 is 1.39 bits per heavy atom. The van der Waals surface area contributed by atoms with Crippen LogP contribution in [0.5, 0.6) is 5.75 Å². The van der Waals surface area contributed by atoms with Gasteiger partial charge in [0.25, 0.3) is 10.0 Å². The van der Waals surface area contributed by atoms with Gasteiger partial charge in [-0.1, -0.05) is 6.07 Å². The van der Waals surface area contributed by atoms with Crippen LogP contribution >= 0.6 is 0 Å². The molecule has 3 rings (SSSR count). The Hall–Kier alpha value is -1.93. The van der Waals surface area contributed by atoms with Gasteiger partial charge in [0.1, 0.15) is 17.2 Å². The molecule has 6 nitrogen and oxygen atoms in total. The third kappa shape index (κ3) is 3.09. The highest BCUT2D eigenvalue weighted by molar-refractivity contribution is 7.89. The molecule has 23 heavy (non-hydrogen) atoms. The fraction of sp³-hybridized carbons (Fsp3) is 0.400. The van der Waals surface area contributed by atoms with Gasteiger partial charge in [0, 0.05) is 25.1 Å². The smallest absolute Gasteiger partial charge is 0.258 e. The second-order valence-electron chi connectivity index (χ2n) is 6.21. The zero-order valence-corrected chi connectivity index (χ0v) is 13.9. The van der Waals surface area contributed by atoms with Crippen LogP contribution in [-0.4, -0.2) is 23.8 Å². The number of nitrogens with one attached hydrogen (secondary N) is 1. The number of hydrogen-bond donors (Lipinski definition) is 1. The molecule has 0 spiro atoms. The fourth-order valence-electron chi connectivity index (χ4n) is 2.80. The normalized spacial score (nSPS) is 19.9. The van der Waals surface area contributed by atoms with Crippen molar-refractivity contribution in [1.82, 2.24) is 14.5 Å². The van der Waals surface area contributed by atoms with E-state index in [9.17, 15) is 12.8 Å². The molecule has 2 heterocycles. The molecule has 2 aromatic rings. The first-order valence-corrected chi connectivity index (χ1v) is 8.65. The summed E-state index contributed by atoms with van der Waals surface area (Å²) >= 11 is 0. The minimum Gasteiger partial charge on any atom is -0.487 e. The van der Waals surface area contributed by atoms with Crippen LogP contribution in [0.15, 0.2) is 35.5 Å². The third-order valence-electron chi connectivity index (χ3n) is 3.78. The molecule has 1 aliphatic heterocycles. The summed E-state index contributed by atoms with van der Waals surface area (Å²) in [5.41, 5.74) is 0.0111. The van der Waals surface area contributed by atoms with Gasteiger partial charge in [-0.05, 0) is 26.0 Å². The molecule has 0 saturated heterocycles. The van der Waals surface area contributed by atoms with Crippen LogP contribution in [0.25, 0.3) is 0 Å². The molecule has 1 atom stereocenters. The van der Waals surface area contributed by atoms with Crippen molar-refractivity contribution in [3.63, 3.8) is 0 Å². The SMILES string of the molecule is Cn1nccc1S(=O)(=O)N[C@@H]1CC(C)(C)Oc2cc(F)ccc21. The van der Waals surface area contributed by atoms with Crippen LogP contribution in [0.1, 0.15) is 31.9 Å². The van der Waals surface area contributed by atoms with E-state index in [0.29, 0.717) is 17.7 Å². The minimum absolute atomic E-state index is 0.0745. The number of rotatable bonds is 3. The van der Waals surface area contributed by atoms with Gasteiger partial charge < -0.3 is 4.74 Å². The van der Waals surface area contributed by atoms with E-state index in [1.807, 2.05) is 13.8 Å². The molecule has 1 aromatic heterocycles. The predicted molar refractivity (Wildman–Crippen MR) is 82.0 cm³/mol. The summed E-state index contributed by atoms with van der Waals surface area (Å²) < 4.78 is 48.4. The molecule has 0 amide bonds. The molecule has 0 radical (unpaired) electrons. The topological polar surface area (TPSA) is 73.2 Å². The van der Waals surface area contributed by atoms with Crippen molar-refractivity contribution in [3.8, 4) is 5.75 Å². The Morgan fingerprint density at radius 2 is 2.13 bits per heavy atom. The highest BCUT2D eigenvalue weighted by atomic mass is 32.2. The second-order valence-corrected chi connectivity index (χ2v) is 7.88. The second kappa shape index (κ2) is 5.31. The fourth-order valence-corrected chi connectivity index (χ4v) is 4.14. The van der Waals surface area contributed by atoms with Gasteiger partial charge in [-0.2, -0.15) is 5.10 Å². The zero-order chi connectivity index (χ0) is 16.8. The standard InChI is InChI=1S/C15H18FN3O3S/c1-15(2)9-12(11-5-4-10(16)8-13(11)22-15)18-23(20,21)14-6-7-17-19(14)3/h4-8,12,18H,9H2,1-3H3/t12-/m1/s1. The van der Waals surface area contributed by atoms with Crippen LogP contribution < -0.4 is 9.46 Å². The molecule has 124 valence electrons. The summed E-state index contributed by atoms with van der Waals surface area (Å²) in [4.78, 5) is 0. The molecule has 0 bridgehead atoms. The summed E-state index contributed by atoms with van der Waals surface area (Å²) in [6.45, 7) is 3.68. The Balaban J connectivity index is 1.99. The van der Waals surface area contributed by atoms with E-state index >= 15 is 0 Å². The lowest BCUT2D eigenvalue weighted by atomic mass is 9.90. The number of nitrogens with zero attached hydrogens (tertiary/aromatic N) is 2. The van der Waals surface area contributed by atoms with E-state index in [1.54, 1.807) is 13.1 Å². The van der Waals surface area contributed by atoms with Crippen molar-refractivity contribution < 1.29 is 17.5 Å². The molecule has 0 saturated carbocycles. The Bertz CT molecular complexity index is 845. The van der Waals surface area contributed by atoms with E-state index in [1.165, 1.54) is 29.1 Å². The van der Waals surface area contributed by atoms with Gasteiger partial charge >= 0.3 is 0 Å². The number of benzene rings is 1. The molecule has 8 heteroatoms. The van der Waals surface area contributed by atoms with E-state index in [0.717, 1.165) is 0 Å². The molecule has 0 aliphatic carbocycles. The summed E-state index contributed by atoms with van der Waals surface area (Å²) in [5, 5.41) is 3.96. The first kappa shape index (κ1) is 15.9. The molecule has 1 N–H and O–H groups in total. The van der Waals surface area contributed by atoms with E-state index in [-0.39, 0.29) is 5.03 Å².